The molecule has 1 fully saturated rings. The van der Waals surface area contributed by atoms with Crippen LogP contribution in [0.5, 0.6) is 0 Å². The van der Waals surface area contributed by atoms with E-state index in [9.17, 15) is 13.2 Å². The minimum absolute atomic E-state index is 0.0497. The van der Waals surface area contributed by atoms with Crippen LogP contribution in [0.1, 0.15) is 52.0 Å². The molecule has 1 aromatic heterocycles. The average Bonchev–Trinajstić information content (AvgIpc) is 2.94. The summed E-state index contributed by atoms with van der Waals surface area (Å²) in [5.74, 6) is 0.795. The summed E-state index contributed by atoms with van der Waals surface area (Å²) in [4.78, 5) is 12.3. The summed E-state index contributed by atoms with van der Waals surface area (Å²) in [7, 11) is -3.55. The molecule has 5 nitrogen and oxygen atoms in total. The van der Waals surface area contributed by atoms with Crippen molar-refractivity contribution in [2.24, 2.45) is 0 Å². The summed E-state index contributed by atoms with van der Waals surface area (Å²) in [6, 6.07) is 4.98. The summed E-state index contributed by atoms with van der Waals surface area (Å²) in [6.45, 7) is 4.33. The molecular formula is C18H26N2O3S3. The standard InChI is InChI=1S/C18H26N2O3S3/c1-13(2)20-16-9-8-15(12-17(16)25-18(20)21)26(22,23)19-10-11-24-14-6-4-3-5-7-14/h8-9,12-14,19H,3-7,10-11H2,1-2H3. The molecule has 0 aliphatic heterocycles. The van der Waals surface area contributed by atoms with E-state index in [4.69, 9.17) is 0 Å². The van der Waals surface area contributed by atoms with Crippen LogP contribution < -0.4 is 9.60 Å². The summed E-state index contributed by atoms with van der Waals surface area (Å²) in [5, 5.41) is 0.678. The molecule has 1 aromatic carbocycles. The molecule has 0 amide bonds. The zero-order chi connectivity index (χ0) is 18.7. The van der Waals surface area contributed by atoms with Gasteiger partial charge in [0.25, 0.3) is 0 Å². The number of benzene rings is 1. The number of sulfonamides is 1. The lowest BCUT2D eigenvalue weighted by molar-refractivity contribution is 0.516. The van der Waals surface area contributed by atoms with Gasteiger partial charge in [0.1, 0.15) is 0 Å². The van der Waals surface area contributed by atoms with Crippen molar-refractivity contribution < 1.29 is 8.42 Å². The van der Waals surface area contributed by atoms with Crippen LogP contribution in [-0.2, 0) is 10.0 Å². The number of fused-ring (bicyclic) bond motifs is 1. The van der Waals surface area contributed by atoms with Crippen LogP contribution in [0.25, 0.3) is 10.2 Å². The van der Waals surface area contributed by atoms with Crippen molar-refractivity contribution in [3.05, 3.63) is 27.9 Å². The van der Waals surface area contributed by atoms with Crippen molar-refractivity contribution in [1.29, 1.82) is 0 Å². The number of thioether (sulfide) groups is 1. The summed E-state index contributed by atoms with van der Waals surface area (Å²) in [5.41, 5.74) is 0.793. The van der Waals surface area contributed by atoms with Crippen LogP contribution in [0.4, 0.5) is 0 Å². The smallest absolute Gasteiger partial charge is 0.296 e. The van der Waals surface area contributed by atoms with Gasteiger partial charge >= 0.3 is 4.87 Å². The number of nitrogens with zero attached hydrogens (tertiary/aromatic N) is 1. The first kappa shape index (κ1) is 19.9. The number of hydrogen-bond acceptors (Lipinski definition) is 5. The molecule has 0 atom stereocenters. The van der Waals surface area contributed by atoms with Crippen LogP contribution in [0.2, 0.25) is 0 Å². The van der Waals surface area contributed by atoms with Gasteiger partial charge in [0.05, 0.1) is 15.1 Å². The topological polar surface area (TPSA) is 68.2 Å². The Kier molecular flexibility index (Phi) is 6.48. The second kappa shape index (κ2) is 8.46. The zero-order valence-corrected chi connectivity index (χ0v) is 17.7. The van der Waals surface area contributed by atoms with Gasteiger partial charge in [-0.05, 0) is 44.9 Å². The van der Waals surface area contributed by atoms with Crippen molar-refractivity contribution in [2.75, 3.05) is 12.3 Å². The van der Waals surface area contributed by atoms with Crippen molar-refractivity contribution in [1.82, 2.24) is 9.29 Å². The third-order valence-corrected chi connectivity index (χ3v) is 8.47. The normalized spacial score (nSPS) is 16.6. The highest BCUT2D eigenvalue weighted by Gasteiger charge is 2.18. The maximum Gasteiger partial charge on any atom is 0.308 e. The van der Waals surface area contributed by atoms with Crippen molar-refractivity contribution in [2.45, 2.75) is 62.1 Å². The molecular weight excluding hydrogens is 388 g/mol. The molecule has 8 heteroatoms. The third kappa shape index (κ3) is 4.52. The number of nitrogens with one attached hydrogen (secondary N) is 1. The highest BCUT2D eigenvalue weighted by Crippen LogP contribution is 2.28. The van der Waals surface area contributed by atoms with E-state index in [1.165, 1.54) is 32.1 Å². The second-order valence-corrected chi connectivity index (χ2v) is 11.2. The lowest BCUT2D eigenvalue weighted by Gasteiger charge is -2.20. The van der Waals surface area contributed by atoms with Crippen LogP contribution in [0.15, 0.2) is 27.9 Å². The van der Waals surface area contributed by atoms with E-state index < -0.39 is 10.0 Å². The van der Waals surface area contributed by atoms with Crippen LogP contribution in [-0.4, -0.2) is 30.5 Å². The van der Waals surface area contributed by atoms with Gasteiger partial charge < -0.3 is 0 Å². The average molecular weight is 415 g/mol. The fraction of sp³-hybridized carbons (Fsp3) is 0.611. The van der Waals surface area contributed by atoms with E-state index in [1.54, 1.807) is 22.8 Å². The predicted molar refractivity (Wildman–Crippen MR) is 111 cm³/mol. The lowest BCUT2D eigenvalue weighted by atomic mass is 10.0. The highest BCUT2D eigenvalue weighted by molar-refractivity contribution is 8.00. The Balaban J connectivity index is 1.66. The maximum atomic E-state index is 12.6. The van der Waals surface area contributed by atoms with Gasteiger partial charge in [0, 0.05) is 23.6 Å². The molecule has 0 saturated heterocycles. The monoisotopic (exact) mass is 414 g/mol. The van der Waals surface area contributed by atoms with Gasteiger partial charge in [-0.1, -0.05) is 30.6 Å². The fourth-order valence-corrected chi connectivity index (χ4v) is 6.92. The van der Waals surface area contributed by atoms with Crippen molar-refractivity contribution >= 4 is 43.3 Å². The second-order valence-electron chi connectivity index (χ2n) is 6.99. The maximum absolute atomic E-state index is 12.6. The SMILES string of the molecule is CC(C)n1c(=O)sc2cc(S(=O)(=O)NCCSC3CCCCC3)ccc21. The number of rotatable bonds is 7. The van der Waals surface area contributed by atoms with Gasteiger partial charge in [-0.2, -0.15) is 11.8 Å². The van der Waals surface area contributed by atoms with E-state index in [-0.39, 0.29) is 15.8 Å². The molecule has 3 rings (SSSR count). The number of thiazole rings is 1. The molecule has 26 heavy (non-hydrogen) atoms. The Bertz CT molecular complexity index is 909. The molecule has 2 aromatic rings. The molecule has 0 spiro atoms. The Labute approximate surface area is 163 Å². The minimum Gasteiger partial charge on any atom is -0.296 e. The van der Waals surface area contributed by atoms with Gasteiger partial charge in [-0.15, -0.1) is 0 Å². The molecule has 1 heterocycles. The van der Waals surface area contributed by atoms with Crippen molar-refractivity contribution in [3.8, 4) is 0 Å². The zero-order valence-electron chi connectivity index (χ0n) is 15.2. The molecule has 0 bridgehead atoms. The molecule has 1 aliphatic carbocycles. The first-order valence-corrected chi connectivity index (χ1v) is 12.5. The number of aromatic nitrogens is 1. The molecule has 0 unspecified atom stereocenters. The van der Waals surface area contributed by atoms with Gasteiger partial charge in [0.2, 0.25) is 10.0 Å². The quantitative estimate of drug-likeness (QED) is 0.696. The van der Waals surface area contributed by atoms with E-state index in [2.05, 4.69) is 4.72 Å². The Morgan fingerprint density at radius 3 is 2.69 bits per heavy atom. The predicted octanol–water partition coefficient (Wildman–Crippen LogP) is 3.99. The Morgan fingerprint density at radius 1 is 1.27 bits per heavy atom. The van der Waals surface area contributed by atoms with Gasteiger partial charge in [0.15, 0.2) is 0 Å². The molecule has 144 valence electrons. The van der Waals surface area contributed by atoms with Gasteiger partial charge in [-0.3, -0.25) is 9.36 Å². The van der Waals surface area contributed by atoms with E-state index in [0.717, 1.165) is 22.6 Å². The molecule has 1 saturated carbocycles. The Morgan fingerprint density at radius 2 is 2.00 bits per heavy atom. The van der Waals surface area contributed by atoms with Crippen LogP contribution in [0.3, 0.4) is 0 Å². The lowest BCUT2D eigenvalue weighted by Crippen LogP contribution is -2.26. The van der Waals surface area contributed by atoms with E-state index >= 15 is 0 Å². The summed E-state index contributed by atoms with van der Waals surface area (Å²) in [6.07, 6.45) is 6.42. The summed E-state index contributed by atoms with van der Waals surface area (Å²) >= 11 is 2.97. The van der Waals surface area contributed by atoms with Crippen LogP contribution >= 0.6 is 23.1 Å². The highest BCUT2D eigenvalue weighted by atomic mass is 32.2. The largest absolute Gasteiger partial charge is 0.308 e. The van der Waals surface area contributed by atoms with Gasteiger partial charge in [-0.25, -0.2) is 13.1 Å². The van der Waals surface area contributed by atoms with Crippen molar-refractivity contribution in [3.63, 3.8) is 0 Å². The number of hydrogen-bond donors (Lipinski definition) is 1. The first-order chi connectivity index (χ1) is 12.4. The molecule has 0 radical (unpaired) electrons. The van der Waals surface area contributed by atoms with E-state index in [0.29, 0.717) is 16.5 Å². The van der Waals surface area contributed by atoms with Crippen LogP contribution in [0, 0.1) is 0 Å². The molecule has 1 N–H and O–H groups in total. The summed E-state index contributed by atoms with van der Waals surface area (Å²) < 4.78 is 30.2. The van der Waals surface area contributed by atoms with E-state index in [1.807, 2.05) is 25.6 Å². The third-order valence-electron chi connectivity index (χ3n) is 4.71. The minimum atomic E-state index is -3.55. The Hall–Kier alpha value is -0.830. The fourth-order valence-electron chi connectivity index (χ4n) is 3.39. The first-order valence-electron chi connectivity index (χ1n) is 9.15. The molecule has 1 aliphatic rings.